The highest BCUT2D eigenvalue weighted by atomic mass is 79.9. The summed E-state index contributed by atoms with van der Waals surface area (Å²) in [6, 6.07) is 6.99. The molecule has 0 radical (unpaired) electrons. The normalized spacial score (nSPS) is 14.6. The van der Waals surface area contributed by atoms with Gasteiger partial charge >= 0.3 is 0 Å². The van der Waals surface area contributed by atoms with E-state index in [2.05, 4.69) is 33.4 Å². The Hall–Kier alpha value is -0.580. The monoisotopic (exact) mass is 327 g/mol. The molecule has 3 nitrogen and oxygen atoms in total. The Morgan fingerprint density at radius 2 is 2.16 bits per heavy atom. The van der Waals surface area contributed by atoms with Crippen LogP contribution in [-0.4, -0.2) is 32.4 Å². The Balaban J connectivity index is 1.62. The molecule has 0 atom stereocenters. The van der Waals surface area contributed by atoms with Crippen molar-refractivity contribution < 1.29 is 9.47 Å². The van der Waals surface area contributed by atoms with Crippen LogP contribution in [0.1, 0.15) is 25.3 Å². The Morgan fingerprint density at radius 1 is 1.32 bits per heavy atom. The van der Waals surface area contributed by atoms with Crippen molar-refractivity contribution in [2.45, 2.75) is 32.2 Å². The maximum absolute atomic E-state index is 5.62. The smallest absolute Gasteiger partial charge is 0.133 e. The van der Waals surface area contributed by atoms with Gasteiger partial charge in [-0.2, -0.15) is 0 Å². The maximum Gasteiger partial charge on any atom is 0.133 e. The van der Waals surface area contributed by atoms with Crippen LogP contribution in [0.25, 0.3) is 0 Å². The second-order valence-corrected chi connectivity index (χ2v) is 5.64. The fourth-order valence-electron chi connectivity index (χ4n) is 1.89. The molecule has 0 aliphatic heterocycles. The molecule has 4 heteroatoms. The molecule has 0 saturated heterocycles. The van der Waals surface area contributed by atoms with E-state index in [1.165, 1.54) is 18.4 Å². The first-order valence-corrected chi connectivity index (χ1v) is 7.81. The summed E-state index contributed by atoms with van der Waals surface area (Å²) in [6.45, 7) is 5.22. The molecule has 1 fully saturated rings. The van der Waals surface area contributed by atoms with Gasteiger partial charge in [-0.05, 0) is 59.8 Å². The average molecular weight is 328 g/mol. The van der Waals surface area contributed by atoms with Crippen LogP contribution in [0.5, 0.6) is 5.75 Å². The minimum absolute atomic E-state index is 0.690. The van der Waals surface area contributed by atoms with E-state index in [-0.39, 0.29) is 0 Å². The van der Waals surface area contributed by atoms with Crippen molar-refractivity contribution in [3.8, 4) is 5.75 Å². The van der Waals surface area contributed by atoms with E-state index >= 15 is 0 Å². The van der Waals surface area contributed by atoms with Crippen molar-refractivity contribution in [2.24, 2.45) is 0 Å². The highest BCUT2D eigenvalue weighted by Crippen LogP contribution is 2.26. The molecule has 0 unspecified atom stereocenters. The number of benzene rings is 1. The standard InChI is InChI=1S/C15H22BrNO2/c1-2-19-15-6-3-12(11-14(15)16)7-9-18-10-8-17-13-4-5-13/h3,6,11,13,17H,2,4-5,7-10H2,1H3. The molecule has 106 valence electrons. The lowest BCUT2D eigenvalue weighted by atomic mass is 10.1. The van der Waals surface area contributed by atoms with Crippen LogP contribution in [0, 0.1) is 0 Å². The predicted octanol–water partition coefficient (Wildman–Crippen LogP) is 3.16. The third-order valence-corrected chi connectivity index (χ3v) is 3.71. The van der Waals surface area contributed by atoms with Gasteiger partial charge in [0.25, 0.3) is 0 Å². The van der Waals surface area contributed by atoms with Gasteiger partial charge < -0.3 is 14.8 Å². The fraction of sp³-hybridized carbons (Fsp3) is 0.600. The number of nitrogens with one attached hydrogen (secondary N) is 1. The highest BCUT2D eigenvalue weighted by molar-refractivity contribution is 9.10. The molecule has 1 aromatic carbocycles. The summed E-state index contributed by atoms with van der Waals surface area (Å²) in [4.78, 5) is 0. The number of halogens is 1. The van der Waals surface area contributed by atoms with Crippen LogP contribution in [0.3, 0.4) is 0 Å². The molecule has 0 heterocycles. The molecule has 1 saturated carbocycles. The van der Waals surface area contributed by atoms with Gasteiger partial charge in [0, 0.05) is 12.6 Å². The van der Waals surface area contributed by atoms with Crippen LogP contribution in [0.4, 0.5) is 0 Å². The van der Waals surface area contributed by atoms with E-state index in [0.29, 0.717) is 6.61 Å². The summed E-state index contributed by atoms with van der Waals surface area (Å²) in [5.41, 5.74) is 1.27. The fourth-order valence-corrected chi connectivity index (χ4v) is 2.43. The first-order chi connectivity index (χ1) is 9.29. The van der Waals surface area contributed by atoms with Gasteiger partial charge in [-0.25, -0.2) is 0 Å². The predicted molar refractivity (Wildman–Crippen MR) is 80.9 cm³/mol. The Bertz CT molecular complexity index is 394. The number of rotatable bonds is 9. The van der Waals surface area contributed by atoms with Crippen molar-refractivity contribution in [1.29, 1.82) is 0 Å². The zero-order valence-electron chi connectivity index (χ0n) is 11.5. The maximum atomic E-state index is 5.62. The zero-order valence-corrected chi connectivity index (χ0v) is 13.0. The topological polar surface area (TPSA) is 30.5 Å². The quantitative estimate of drug-likeness (QED) is 0.707. The van der Waals surface area contributed by atoms with Gasteiger partial charge in [0.1, 0.15) is 5.75 Å². The summed E-state index contributed by atoms with van der Waals surface area (Å²) < 4.78 is 12.1. The third-order valence-electron chi connectivity index (χ3n) is 3.09. The Kier molecular flexibility index (Phi) is 6.14. The van der Waals surface area contributed by atoms with Crippen LogP contribution >= 0.6 is 15.9 Å². The van der Waals surface area contributed by atoms with E-state index < -0.39 is 0 Å². The second-order valence-electron chi connectivity index (χ2n) is 4.79. The number of hydrogen-bond acceptors (Lipinski definition) is 3. The van der Waals surface area contributed by atoms with Gasteiger partial charge in [-0.3, -0.25) is 0 Å². The van der Waals surface area contributed by atoms with Gasteiger partial charge in [0.15, 0.2) is 0 Å². The first kappa shape index (κ1) is 14.8. The van der Waals surface area contributed by atoms with Crippen molar-refractivity contribution in [1.82, 2.24) is 5.32 Å². The van der Waals surface area contributed by atoms with Crippen LogP contribution in [0.15, 0.2) is 22.7 Å². The molecular formula is C15H22BrNO2. The van der Waals surface area contributed by atoms with Crippen molar-refractivity contribution >= 4 is 15.9 Å². The number of ether oxygens (including phenoxy) is 2. The van der Waals surface area contributed by atoms with E-state index in [4.69, 9.17) is 9.47 Å². The van der Waals surface area contributed by atoms with Crippen molar-refractivity contribution in [2.75, 3.05) is 26.4 Å². The Morgan fingerprint density at radius 3 is 2.84 bits per heavy atom. The van der Waals surface area contributed by atoms with Gasteiger partial charge in [-0.15, -0.1) is 0 Å². The molecule has 0 aromatic heterocycles. The molecule has 2 rings (SSSR count). The molecule has 1 aliphatic carbocycles. The van der Waals surface area contributed by atoms with Gasteiger partial charge in [-0.1, -0.05) is 6.07 Å². The summed E-state index contributed by atoms with van der Waals surface area (Å²) in [5.74, 6) is 0.904. The Labute approximate surface area is 123 Å². The van der Waals surface area contributed by atoms with Crippen LogP contribution < -0.4 is 10.1 Å². The lowest BCUT2D eigenvalue weighted by Gasteiger charge is -2.09. The molecular weight excluding hydrogens is 306 g/mol. The van der Waals surface area contributed by atoms with E-state index in [1.54, 1.807) is 0 Å². The summed E-state index contributed by atoms with van der Waals surface area (Å²) in [7, 11) is 0. The van der Waals surface area contributed by atoms with Crippen LogP contribution in [0.2, 0.25) is 0 Å². The molecule has 19 heavy (non-hydrogen) atoms. The minimum Gasteiger partial charge on any atom is -0.493 e. The van der Waals surface area contributed by atoms with E-state index in [0.717, 1.165) is 42.4 Å². The molecule has 0 bridgehead atoms. The largest absolute Gasteiger partial charge is 0.493 e. The van der Waals surface area contributed by atoms with Gasteiger partial charge in [0.05, 0.1) is 24.3 Å². The molecule has 1 aliphatic rings. The second kappa shape index (κ2) is 7.88. The first-order valence-electron chi connectivity index (χ1n) is 7.02. The SMILES string of the molecule is CCOc1ccc(CCOCCNC2CC2)cc1Br. The molecule has 0 spiro atoms. The lowest BCUT2D eigenvalue weighted by molar-refractivity contribution is 0.138. The van der Waals surface area contributed by atoms with Gasteiger partial charge in [0.2, 0.25) is 0 Å². The molecule has 1 N–H and O–H groups in total. The summed E-state index contributed by atoms with van der Waals surface area (Å²) >= 11 is 3.53. The average Bonchev–Trinajstić information content (AvgIpc) is 3.21. The number of hydrogen-bond donors (Lipinski definition) is 1. The van der Waals surface area contributed by atoms with E-state index in [9.17, 15) is 0 Å². The van der Waals surface area contributed by atoms with E-state index in [1.807, 2.05) is 13.0 Å². The summed E-state index contributed by atoms with van der Waals surface area (Å²) in [5, 5.41) is 3.44. The van der Waals surface area contributed by atoms with Crippen molar-refractivity contribution in [3.05, 3.63) is 28.2 Å². The van der Waals surface area contributed by atoms with Crippen LogP contribution in [-0.2, 0) is 11.2 Å². The third kappa shape index (κ3) is 5.51. The lowest BCUT2D eigenvalue weighted by Crippen LogP contribution is -2.22. The highest BCUT2D eigenvalue weighted by Gasteiger charge is 2.19. The molecule has 1 aromatic rings. The minimum atomic E-state index is 0.690. The zero-order chi connectivity index (χ0) is 13.5. The van der Waals surface area contributed by atoms with Crippen molar-refractivity contribution in [3.63, 3.8) is 0 Å². The summed E-state index contributed by atoms with van der Waals surface area (Å²) in [6.07, 6.45) is 3.61. The molecule has 0 amide bonds.